The normalized spacial score (nSPS) is 17.9. The van der Waals surface area contributed by atoms with Crippen molar-refractivity contribution in [2.75, 3.05) is 13.1 Å². The highest BCUT2D eigenvalue weighted by Gasteiger charge is 2.41. The van der Waals surface area contributed by atoms with Gasteiger partial charge in [0.15, 0.2) is 0 Å². The van der Waals surface area contributed by atoms with Gasteiger partial charge in [-0.25, -0.2) is 4.98 Å². The second-order valence-corrected chi connectivity index (χ2v) is 10.5. The highest BCUT2D eigenvalue weighted by molar-refractivity contribution is 7.10. The molecular weight excluding hydrogens is 448 g/mol. The number of nitrogens with one attached hydrogen (secondary N) is 2. The van der Waals surface area contributed by atoms with E-state index in [1.54, 1.807) is 22.3 Å². The summed E-state index contributed by atoms with van der Waals surface area (Å²) in [6.07, 6.45) is 7.98. The van der Waals surface area contributed by atoms with Crippen molar-refractivity contribution in [3.05, 3.63) is 46.5 Å². The minimum atomic E-state index is -0.685. The van der Waals surface area contributed by atoms with Gasteiger partial charge in [-0.15, -0.1) is 11.3 Å². The SMILES string of the molecule is C=C/C(=C\C=C(/CC)c1scnc1C)CNC(=O)C1CCCN1C(=O)C(NC(C)=O)C(C)(C)C. The zero-order valence-electron chi connectivity index (χ0n) is 21.2. The maximum Gasteiger partial charge on any atom is 0.246 e. The number of hydrogen-bond donors (Lipinski definition) is 2. The third-order valence-electron chi connectivity index (χ3n) is 5.94. The molecule has 34 heavy (non-hydrogen) atoms. The largest absolute Gasteiger partial charge is 0.350 e. The molecule has 1 aromatic rings. The van der Waals surface area contributed by atoms with Gasteiger partial charge in [-0.2, -0.15) is 0 Å². The summed E-state index contributed by atoms with van der Waals surface area (Å²) in [5.41, 5.74) is 4.45. The predicted octanol–water partition coefficient (Wildman–Crippen LogP) is 4.02. The smallest absolute Gasteiger partial charge is 0.246 e. The van der Waals surface area contributed by atoms with Crippen LogP contribution in [-0.2, 0) is 14.4 Å². The lowest BCUT2D eigenvalue weighted by Crippen LogP contribution is -2.57. The molecule has 0 bridgehead atoms. The highest BCUT2D eigenvalue weighted by atomic mass is 32.1. The molecule has 2 rings (SSSR count). The highest BCUT2D eigenvalue weighted by Crippen LogP contribution is 2.27. The zero-order chi connectivity index (χ0) is 25.5. The van der Waals surface area contributed by atoms with Crippen LogP contribution < -0.4 is 10.6 Å². The number of nitrogens with zero attached hydrogens (tertiary/aromatic N) is 2. The summed E-state index contributed by atoms with van der Waals surface area (Å²) >= 11 is 1.62. The number of hydrogen-bond acceptors (Lipinski definition) is 5. The average Bonchev–Trinajstić information content (AvgIpc) is 3.42. The van der Waals surface area contributed by atoms with Crippen LogP contribution >= 0.6 is 11.3 Å². The van der Waals surface area contributed by atoms with Crippen molar-refractivity contribution in [3.8, 4) is 0 Å². The van der Waals surface area contributed by atoms with E-state index in [-0.39, 0.29) is 17.7 Å². The number of aromatic nitrogens is 1. The molecule has 8 heteroatoms. The fourth-order valence-corrected chi connectivity index (χ4v) is 4.90. The molecule has 3 amide bonds. The first kappa shape index (κ1) is 27.5. The van der Waals surface area contributed by atoms with E-state index in [4.69, 9.17) is 0 Å². The third-order valence-corrected chi connectivity index (χ3v) is 6.95. The van der Waals surface area contributed by atoms with Crippen LogP contribution in [0, 0.1) is 12.3 Å². The summed E-state index contributed by atoms with van der Waals surface area (Å²) in [5, 5.41) is 5.74. The van der Waals surface area contributed by atoms with Gasteiger partial charge in [0.1, 0.15) is 12.1 Å². The molecule has 2 atom stereocenters. The van der Waals surface area contributed by atoms with Crippen molar-refractivity contribution in [1.82, 2.24) is 20.5 Å². The summed E-state index contributed by atoms with van der Waals surface area (Å²) in [5.74, 6) is -0.662. The standard InChI is InChI=1S/C26H38N4O3S/c1-8-19(12-13-20(9-2)22-17(3)28-16-34-22)15-27-24(32)21-11-10-14-30(21)25(33)23(26(5,6)7)29-18(4)31/h8,12-13,16,21,23H,1,9-11,14-15H2,2-7H3,(H,27,32)(H,29,31)/b19-12+,20-13+. The molecule has 2 unspecified atom stereocenters. The molecule has 1 fully saturated rings. The van der Waals surface area contributed by atoms with Crippen molar-refractivity contribution in [1.29, 1.82) is 0 Å². The van der Waals surface area contributed by atoms with Crippen LogP contribution in [0.5, 0.6) is 0 Å². The fraction of sp³-hybridized carbons (Fsp3) is 0.538. The lowest BCUT2D eigenvalue weighted by molar-refractivity contribution is -0.143. The first-order chi connectivity index (χ1) is 16.0. The molecule has 0 saturated carbocycles. The molecule has 1 aliphatic rings. The zero-order valence-corrected chi connectivity index (χ0v) is 22.1. The summed E-state index contributed by atoms with van der Waals surface area (Å²) in [4.78, 5) is 45.1. The number of carbonyl (C=O) groups is 3. The minimum absolute atomic E-state index is 0.188. The van der Waals surface area contributed by atoms with Crippen LogP contribution in [0.3, 0.4) is 0 Å². The van der Waals surface area contributed by atoms with Crippen molar-refractivity contribution in [2.24, 2.45) is 5.41 Å². The molecule has 2 heterocycles. The molecule has 0 spiro atoms. The van der Waals surface area contributed by atoms with E-state index >= 15 is 0 Å². The molecule has 0 aromatic carbocycles. The van der Waals surface area contributed by atoms with E-state index in [1.807, 2.05) is 39.3 Å². The molecule has 186 valence electrons. The second-order valence-electron chi connectivity index (χ2n) is 9.67. The number of allylic oxidation sites excluding steroid dienone is 3. The Labute approximate surface area is 207 Å². The lowest BCUT2D eigenvalue weighted by atomic mass is 9.85. The van der Waals surface area contributed by atoms with E-state index in [2.05, 4.69) is 35.2 Å². The van der Waals surface area contributed by atoms with Crippen LogP contribution in [-0.4, -0.2) is 52.8 Å². The number of amides is 3. The van der Waals surface area contributed by atoms with Gasteiger partial charge < -0.3 is 15.5 Å². The fourth-order valence-electron chi connectivity index (χ4n) is 4.00. The molecule has 1 aliphatic heterocycles. The summed E-state index contributed by atoms with van der Waals surface area (Å²) in [6.45, 7) is 15.9. The Morgan fingerprint density at radius 2 is 2.03 bits per heavy atom. The predicted molar refractivity (Wildman–Crippen MR) is 138 cm³/mol. The lowest BCUT2D eigenvalue weighted by Gasteiger charge is -2.35. The topological polar surface area (TPSA) is 91.4 Å². The van der Waals surface area contributed by atoms with Crippen LogP contribution in [0.25, 0.3) is 5.57 Å². The third kappa shape index (κ3) is 7.13. The Balaban J connectivity index is 2.10. The molecular formula is C26H38N4O3S. The van der Waals surface area contributed by atoms with Crippen LogP contribution in [0.4, 0.5) is 0 Å². The van der Waals surface area contributed by atoms with E-state index < -0.39 is 17.5 Å². The first-order valence-electron chi connectivity index (χ1n) is 11.8. The number of likely N-dealkylation sites (tertiary alicyclic amines) is 1. The number of aryl methyl sites for hydroxylation is 1. The number of carbonyl (C=O) groups excluding carboxylic acids is 3. The molecule has 1 saturated heterocycles. The molecule has 2 N–H and O–H groups in total. The maximum absolute atomic E-state index is 13.3. The van der Waals surface area contributed by atoms with Crippen LogP contribution in [0.15, 0.2) is 35.9 Å². The van der Waals surface area contributed by atoms with E-state index in [1.165, 1.54) is 17.4 Å². The van der Waals surface area contributed by atoms with E-state index in [0.717, 1.165) is 24.1 Å². The molecule has 0 radical (unpaired) electrons. The van der Waals surface area contributed by atoms with Crippen molar-refractivity contribution >= 4 is 34.6 Å². The van der Waals surface area contributed by atoms with E-state index in [9.17, 15) is 14.4 Å². The molecule has 0 aliphatic carbocycles. The van der Waals surface area contributed by atoms with Crippen molar-refractivity contribution in [2.45, 2.75) is 72.9 Å². The monoisotopic (exact) mass is 486 g/mol. The van der Waals surface area contributed by atoms with Crippen LogP contribution in [0.2, 0.25) is 0 Å². The summed E-state index contributed by atoms with van der Waals surface area (Å²) in [7, 11) is 0. The van der Waals surface area contributed by atoms with Gasteiger partial charge in [-0.05, 0) is 42.7 Å². The van der Waals surface area contributed by atoms with Gasteiger partial charge in [-0.3, -0.25) is 14.4 Å². The van der Waals surface area contributed by atoms with Gasteiger partial charge in [0, 0.05) is 20.0 Å². The Bertz CT molecular complexity index is 971. The minimum Gasteiger partial charge on any atom is -0.350 e. The van der Waals surface area contributed by atoms with E-state index in [0.29, 0.717) is 19.5 Å². The quantitative estimate of drug-likeness (QED) is 0.516. The van der Waals surface area contributed by atoms with Crippen molar-refractivity contribution < 1.29 is 14.4 Å². The number of rotatable bonds is 9. The first-order valence-corrected chi connectivity index (χ1v) is 12.7. The molecule has 1 aromatic heterocycles. The van der Waals surface area contributed by atoms with Gasteiger partial charge in [-0.1, -0.05) is 52.5 Å². The Morgan fingerprint density at radius 1 is 1.32 bits per heavy atom. The Hall–Kier alpha value is -2.74. The van der Waals surface area contributed by atoms with Crippen molar-refractivity contribution in [3.63, 3.8) is 0 Å². The Kier molecular flexibility index (Phi) is 9.79. The summed E-state index contributed by atoms with van der Waals surface area (Å²) < 4.78 is 0. The second kappa shape index (κ2) is 12.1. The average molecular weight is 487 g/mol. The van der Waals surface area contributed by atoms with Gasteiger partial charge in [0.25, 0.3) is 0 Å². The summed E-state index contributed by atoms with van der Waals surface area (Å²) in [6, 6.07) is -1.23. The van der Waals surface area contributed by atoms with Crippen LogP contribution in [0.1, 0.15) is 64.5 Å². The number of thiazole rings is 1. The molecule has 7 nitrogen and oxygen atoms in total. The Morgan fingerprint density at radius 3 is 2.56 bits per heavy atom. The maximum atomic E-state index is 13.3. The van der Waals surface area contributed by atoms with Gasteiger partial charge in [0.2, 0.25) is 17.7 Å². The van der Waals surface area contributed by atoms with Gasteiger partial charge in [0.05, 0.1) is 16.1 Å². The van der Waals surface area contributed by atoms with Gasteiger partial charge >= 0.3 is 0 Å².